The molecule has 17 heavy (non-hydrogen) atoms. The average Bonchev–Trinajstić information content (AvgIpc) is 2.21. The third kappa shape index (κ3) is 3.83. The number of aliphatic hydroxyl groups is 1. The Morgan fingerprint density at radius 2 is 2.12 bits per heavy atom. The Kier molecular flexibility index (Phi) is 4.35. The first kappa shape index (κ1) is 14.2. The van der Waals surface area contributed by atoms with Crippen LogP contribution in [0.3, 0.4) is 0 Å². The van der Waals surface area contributed by atoms with Gasteiger partial charge < -0.3 is 19.2 Å². The molecular weight excluding hydrogens is 238 g/mol. The summed E-state index contributed by atoms with van der Waals surface area (Å²) in [6.07, 6.45) is 0.920. The van der Waals surface area contributed by atoms with Crippen LogP contribution in [0.5, 0.6) is 0 Å². The summed E-state index contributed by atoms with van der Waals surface area (Å²) in [4.78, 5) is 13.1. The van der Waals surface area contributed by atoms with Crippen molar-refractivity contribution in [2.45, 2.75) is 38.4 Å². The molecule has 1 aliphatic rings. The van der Waals surface area contributed by atoms with Crippen LogP contribution >= 0.6 is 0 Å². The third-order valence-corrected chi connectivity index (χ3v) is 3.49. The molecule has 5 nitrogen and oxygen atoms in total. The van der Waals surface area contributed by atoms with Gasteiger partial charge in [-0.3, -0.25) is 0 Å². The number of hydrogen-bond donors (Lipinski definition) is 1. The molecule has 1 heterocycles. The van der Waals surface area contributed by atoms with Gasteiger partial charge in [0.05, 0.1) is 18.8 Å². The molecule has 2 unspecified atom stereocenters. The molecular formula is C11H21NO4Si. The van der Waals surface area contributed by atoms with Crippen molar-refractivity contribution in [3.63, 3.8) is 0 Å². The lowest BCUT2D eigenvalue weighted by Gasteiger charge is -2.37. The highest BCUT2D eigenvalue weighted by Gasteiger charge is 2.34. The van der Waals surface area contributed by atoms with Gasteiger partial charge in [-0.05, 0) is 19.6 Å². The predicted molar refractivity (Wildman–Crippen MR) is 66.7 cm³/mol. The highest BCUT2D eigenvalue weighted by atomic mass is 28.4. The Morgan fingerprint density at radius 1 is 1.53 bits per heavy atom. The normalized spacial score (nSPS) is 25.5. The number of nitrogens with zero attached hydrogens (tertiary/aromatic N) is 1. The maximum Gasteiger partial charge on any atom is 0.335 e. The number of ether oxygens (including phenoxy) is 1. The Bertz CT molecular complexity index is 324. The molecule has 6 heteroatoms. The third-order valence-electron chi connectivity index (χ3n) is 2.48. The van der Waals surface area contributed by atoms with Crippen molar-refractivity contribution in [3.05, 3.63) is 11.8 Å². The number of likely N-dealkylation sites (N-methyl/N-ethyl adjacent to an activating group) is 1. The maximum atomic E-state index is 11.5. The first-order valence-electron chi connectivity index (χ1n) is 5.61. The molecule has 0 spiro atoms. The van der Waals surface area contributed by atoms with E-state index in [0.717, 1.165) is 0 Å². The predicted octanol–water partition coefficient (Wildman–Crippen LogP) is 0.917. The minimum atomic E-state index is -1.76. The molecule has 2 atom stereocenters. The quantitative estimate of drug-likeness (QED) is 0.603. The fourth-order valence-electron chi connectivity index (χ4n) is 1.78. The smallest absolute Gasteiger partial charge is 0.335 e. The van der Waals surface area contributed by atoms with Gasteiger partial charge in [0.2, 0.25) is 0 Å². The number of aliphatic hydroxyl groups excluding tert-OH is 1. The summed E-state index contributed by atoms with van der Waals surface area (Å²) in [6.45, 7) is 6.15. The van der Waals surface area contributed by atoms with Crippen molar-refractivity contribution in [2.24, 2.45) is 0 Å². The van der Waals surface area contributed by atoms with Gasteiger partial charge in [0, 0.05) is 19.7 Å². The van der Waals surface area contributed by atoms with E-state index in [4.69, 9.17) is 9.16 Å². The van der Waals surface area contributed by atoms with Crippen LogP contribution in [0.2, 0.25) is 19.6 Å². The second kappa shape index (κ2) is 5.20. The largest absolute Gasteiger partial charge is 0.466 e. The molecule has 98 valence electrons. The molecule has 0 amide bonds. The number of carbonyl (C=O) groups excluding carboxylic acids is 1. The lowest BCUT2D eigenvalue weighted by Crippen LogP contribution is -2.48. The molecule has 0 bridgehead atoms. The van der Waals surface area contributed by atoms with Crippen LogP contribution < -0.4 is 0 Å². The molecule has 0 saturated heterocycles. The van der Waals surface area contributed by atoms with Gasteiger partial charge in [0.25, 0.3) is 0 Å². The Labute approximate surface area is 103 Å². The van der Waals surface area contributed by atoms with E-state index >= 15 is 0 Å². The van der Waals surface area contributed by atoms with Crippen LogP contribution in [-0.4, -0.2) is 50.8 Å². The van der Waals surface area contributed by atoms with E-state index in [0.29, 0.717) is 12.0 Å². The van der Waals surface area contributed by atoms with Gasteiger partial charge in [0.15, 0.2) is 14.5 Å². The van der Waals surface area contributed by atoms with E-state index in [1.165, 1.54) is 7.11 Å². The van der Waals surface area contributed by atoms with Crippen molar-refractivity contribution >= 4 is 14.3 Å². The highest BCUT2D eigenvalue weighted by Crippen LogP contribution is 2.24. The van der Waals surface area contributed by atoms with Crippen LogP contribution in [0.25, 0.3) is 0 Å². The number of rotatable bonds is 3. The second-order valence-corrected chi connectivity index (χ2v) is 9.66. The Balaban J connectivity index is 2.82. The molecule has 0 radical (unpaired) electrons. The summed E-state index contributed by atoms with van der Waals surface area (Å²) in [5, 5.41) is 10.00. The van der Waals surface area contributed by atoms with Crippen molar-refractivity contribution in [1.82, 2.24) is 4.90 Å². The summed E-state index contributed by atoms with van der Waals surface area (Å²) in [7, 11) is 1.31. The van der Waals surface area contributed by atoms with Crippen LogP contribution in [0, 0.1) is 0 Å². The molecule has 1 aliphatic heterocycles. The zero-order valence-electron chi connectivity index (χ0n) is 11.1. The SMILES string of the molecule is COC(=O)C1=CN(C)C(O)C(O[Si](C)(C)C)C1. The van der Waals surface area contributed by atoms with Crippen LogP contribution in [0.4, 0.5) is 0 Å². The van der Waals surface area contributed by atoms with E-state index in [-0.39, 0.29) is 12.1 Å². The minimum Gasteiger partial charge on any atom is -0.466 e. The summed E-state index contributed by atoms with van der Waals surface area (Å²) in [5.74, 6) is -0.368. The van der Waals surface area contributed by atoms with Gasteiger partial charge in [-0.25, -0.2) is 4.79 Å². The summed E-state index contributed by atoms with van der Waals surface area (Å²) in [6, 6.07) is 0. The van der Waals surface area contributed by atoms with E-state index in [1.807, 2.05) is 0 Å². The van der Waals surface area contributed by atoms with Crippen LogP contribution in [0.15, 0.2) is 11.8 Å². The van der Waals surface area contributed by atoms with E-state index < -0.39 is 14.5 Å². The van der Waals surface area contributed by atoms with Crippen molar-refractivity contribution in [1.29, 1.82) is 0 Å². The fourth-order valence-corrected chi connectivity index (χ4v) is 2.90. The lowest BCUT2D eigenvalue weighted by atomic mass is 10.0. The van der Waals surface area contributed by atoms with Crippen molar-refractivity contribution < 1.29 is 19.1 Å². The van der Waals surface area contributed by atoms with Gasteiger partial charge in [-0.2, -0.15) is 0 Å². The number of methoxy groups -OCH3 is 1. The summed E-state index contributed by atoms with van der Waals surface area (Å²) >= 11 is 0. The topological polar surface area (TPSA) is 59.0 Å². The standard InChI is InChI=1S/C11H21NO4Si/c1-12-7-8(11(14)15-2)6-9(10(12)13)16-17(3,4)5/h7,9-10,13H,6H2,1-5H3. The monoisotopic (exact) mass is 259 g/mol. The zero-order valence-corrected chi connectivity index (χ0v) is 12.1. The first-order chi connectivity index (χ1) is 7.74. The minimum absolute atomic E-state index is 0.368. The molecule has 0 aromatic carbocycles. The Morgan fingerprint density at radius 3 is 2.59 bits per heavy atom. The molecule has 1 N–H and O–H groups in total. The molecule has 0 saturated carbocycles. The van der Waals surface area contributed by atoms with Crippen LogP contribution in [-0.2, 0) is 14.0 Å². The number of esters is 1. The molecule has 0 aromatic heterocycles. The molecule has 0 aliphatic carbocycles. The number of carbonyl (C=O) groups is 1. The number of hydrogen-bond acceptors (Lipinski definition) is 5. The van der Waals surface area contributed by atoms with Gasteiger partial charge in [0.1, 0.15) is 0 Å². The average molecular weight is 259 g/mol. The molecule has 0 fully saturated rings. The van der Waals surface area contributed by atoms with E-state index in [9.17, 15) is 9.90 Å². The fraction of sp³-hybridized carbons (Fsp3) is 0.727. The van der Waals surface area contributed by atoms with E-state index in [1.54, 1.807) is 18.1 Å². The van der Waals surface area contributed by atoms with Gasteiger partial charge in [-0.15, -0.1) is 0 Å². The Hall–Kier alpha value is -0.853. The van der Waals surface area contributed by atoms with Gasteiger partial charge >= 0.3 is 5.97 Å². The maximum absolute atomic E-state index is 11.5. The molecule has 0 aromatic rings. The highest BCUT2D eigenvalue weighted by molar-refractivity contribution is 6.69. The van der Waals surface area contributed by atoms with Crippen molar-refractivity contribution in [2.75, 3.05) is 14.2 Å². The lowest BCUT2D eigenvalue weighted by molar-refractivity contribution is -0.137. The zero-order chi connectivity index (χ0) is 13.2. The molecule has 1 rings (SSSR count). The van der Waals surface area contributed by atoms with Crippen molar-refractivity contribution in [3.8, 4) is 0 Å². The van der Waals surface area contributed by atoms with Crippen LogP contribution in [0.1, 0.15) is 6.42 Å². The second-order valence-electron chi connectivity index (χ2n) is 5.20. The first-order valence-corrected chi connectivity index (χ1v) is 9.02. The summed E-state index contributed by atoms with van der Waals surface area (Å²) in [5.41, 5.74) is 0.531. The van der Waals surface area contributed by atoms with Gasteiger partial charge in [-0.1, -0.05) is 0 Å². The van der Waals surface area contributed by atoms with E-state index in [2.05, 4.69) is 19.6 Å². The summed E-state index contributed by atoms with van der Waals surface area (Å²) < 4.78 is 10.6.